The van der Waals surface area contributed by atoms with E-state index in [1.165, 1.54) is 6.42 Å². The van der Waals surface area contributed by atoms with Crippen LogP contribution in [0.4, 0.5) is 0 Å². The molecule has 2 atom stereocenters. The van der Waals surface area contributed by atoms with E-state index in [9.17, 15) is 4.79 Å². The van der Waals surface area contributed by atoms with Crippen LogP contribution in [0.1, 0.15) is 51.0 Å². The fraction of sp³-hybridized carbons (Fsp3) is 0.632. The smallest absolute Gasteiger partial charge is 0.230 e. The molecular formula is C19H28Cl2N2O. The Bertz CT molecular complexity index is 541. The summed E-state index contributed by atoms with van der Waals surface area (Å²) in [6.07, 6.45) is 6.38. The van der Waals surface area contributed by atoms with Gasteiger partial charge in [0, 0.05) is 11.1 Å². The van der Waals surface area contributed by atoms with Crippen molar-refractivity contribution in [3.8, 4) is 0 Å². The molecule has 0 bridgehead atoms. The van der Waals surface area contributed by atoms with Crippen LogP contribution in [0.2, 0.25) is 5.02 Å². The second kappa shape index (κ2) is 8.55. The quantitative estimate of drug-likeness (QED) is 0.841. The van der Waals surface area contributed by atoms with Crippen molar-refractivity contribution in [1.29, 1.82) is 0 Å². The maximum absolute atomic E-state index is 13.3. The average Bonchev–Trinajstić information content (AvgIpc) is 2.58. The molecule has 1 aliphatic carbocycles. The second-order valence-corrected chi connectivity index (χ2v) is 7.64. The summed E-state index contributed by atoms with van der Waals surface area (Å²) in [7, 11) is 0. The third-order valence-corrected chi connectivity index (χ3v) is 5.89. The first kappa shape index (κ1) is 19.6. The Morgan fingerprint density at radius 2 is 1.88 bits per heavy atom. The molecular weight excluding hydrogens is 343 g/mol. The molecule has 0 spiro atoms. The molecule has 0 radical (unpaired) electrons. The van der Waals surface area contributed by atoms with Gasteiger partial charge in [-0.3, -0.25) is 4.79 Å². The van der Waals surface area contributed by atoms with E-state index >= 15 is 0 Å². The topological polar surface area (TPSA) is 41.1 Å². The van der Waals surface area contributed by atoms with Gasteiger partial charge in [0.2, 0.25) is 5.91 Å². The number of hydrogen-bond acceptors (Lipinski definition) is 2. The summed E-state index contributed by atoms with van der Waals surface area (Å²) in [5.74, 6) is 0.705. The Morgan fingerprint density at radius 1 is 1.21 bits per heavy atom. The highest BCUT2D eigenvalue weighted by molar-refractivity contribution is 6.30. The van der Waals surface area contributed by atoms with E-state index in [-0.39, 0.29) is 29.8 Å². The summed E-state index contributed by atoms with van der Waals surface area (Å²) in [5.41, 5.74) is 0.758. The number of piperidine rings is 1. The molecule has 2 fully saturated rings. The number of hydrogen-bond donors (Lipinski definition) is 2. The largest absolute Gasteiger partial charge is 0.352 e. The summed E-state index contributed by atoms with van der Waals surface area (Å²) >= 11 is 6.04. The molecule has 3 nitrogen and oxygen atoms in total. The molecule has 5 heteroatoms. The predicted octanol–water partition coefficient (Wildman–Crippen LogP) is 4.08. The molecule has 1 heterocycles. The highest BCUT2D eigenvalue weighted by atomic mass is 35.5. The van der Waals surface area contributed by atoms with Gasteiger partial charge in [0.25, 0.3) is 0 Å². The van der Waals surface area contributed by atoms with Crippen LogP contribution in [0.5, 0.6) is 0 Å². The van der Waals surface area contributed by atoms with Crippen molar-refractivity contribution in [2.24, 2.45) is 5.92 Å². The van der Waals surface area contributed by atoms with E-state index in [4.69, 9.17) is 11.6 Å². The van der Waals surface area contributed by atoms with Gasteiger partial charge >= 0.3 is 0 Å². The maximum Gasteiger partial charge on any atom is 0.230 e. The lowest BCUT2D eigenvalue weighted by Crippen LogP contribution is -2.54. The lowest BCUT2D eigenvalue weighted by Gasteiger charge is -2.39. The summed E-state index contributed by atoms with van der Waals surface area (Å²) in [5, 5.41) is 7.51. The normalized spacial score (nSPS) is 26.2. The molecule has 24 heavy (non-hydrogen) atoms. The van der Waals surface area contributed by atoms with Crippen LogP contribution in [0.25, 0.3) is 0 Å². The van der Waals surface area contributed by atoms with Crippen molar-refractivity contribution in [3.63, 3.8) is 0 Å². The number of nitrogens with one attached hydrogen (secondary N) is 2. The van der Waals surface area contributed by atoms with E-state index in [0.29, 0.717) is 5.92 Å². The van der Waals surface area contributed by atoms with E-state index in [0.717, 1.165) is 55.8 Å². The zero-order chi connectivity index (χ0) is 16.3. The Hall–Kier alpha value is -0.770. The summed E-state index contributed by atoms with van der Waals surface area (Å²) in [4.78, 5) is 13.3. The lowest BCUT2D eigenvalue weighted by molar-refractivity contribution is -0.129. The van der Waals surface area contributed by atoms with Crippen LogP contribution in [-0.2, 0) is 10.2 Å². The summed E-state index contributed by atoms with van der Waals surface area (Å²) in [6.45, 7) is 4.19. The summed E-state index contributed by atoms with van der Waals surface area (Å²) < 4.78 is 0. The molecule has 2 N–H and O–H groups in total. The van der Waals surface area contributed by atoms with Crippen LogP contribution >= 0.6 is 24.0 Å². The van der Waals surface area contributed by atoms with Gasteiger partial charge in [-0.15, -0.1) is 12.4 Å². The number of carbonyl (C=O) groups is 1. The van der Waals surface area contributed by atoms with E-state index in [1.807, 2.05) is 24.3 Å². The standard InChI is InChI=1S/C19H27ClN2O.ClH/c1-14-13-21-12-9-17(14)22-18(23)19(10-3-2-4-11-19)15-5-7-16(20)8-6-15;/h5-8,14,17,21H,2-4,9-13H2,1H3,(H,22,23);1H. The van der Waals surface area contributed by atoms with Crippen LogP contribution < -0.4 is 10.6 Å². The van der Waals surface area contributed by atoms with Crippen molar-refractivity contribution >= 4 is 29.9 Å². The molecule has 134 valence electrons. The van der Waals surface area contributed by atoms with E-state index < -0.39 is 0 Å². The minimum Gasteiger partial charge on any atom is -0.352 e. The Morgan fingerprint density at radius 3 is 2.50 bits per heavy atom. The highest BCUT2D eigenvalue weighted by Gasteiger charge is 2.42. The molecule has 1 amide bonds. The monoisotopic (exact) mass is 370 g/mol. The van der Waals surface area contributed by atoms with Gasteiger partial charge < -0.3 is 10.6 Å². The Balaban J connectivity index is 0.00000208. The van der Waals surface area contributed by atoms with E-state index in [1.54, 1.807) is 0 Å². The third-order valence-electron chi connectivity index (χ3n) is 5.64. The van der Waals surface area contributed by atoms with Crippen LogP contribution in [0.15, 0.2) is 24.3 Å². The second-order valence-electron chi connectivity index (χ2n) is 7.20. The molecule has 1 saturated heterocycles. The SMILES string of the molecule is CC1CNCCC1NC(=O)C1(c2ccc(Cl)cc2)CCCCC1.Cl. The van der Waals surface area contributed by atoms with Gasteiger partial charge in [0.1, 0.15) is 0 Å². The predicted molar refractivity (Wildman–Crippen MR) is 102 cm³/mol. The molecule has 3 rings (SSSR count). The maximum atomic E-state index is 13.3. The number of rotatable bonds is 3. The average molecular weight is 371 g/mol. The molecule has 1 aromatic carbocycles. The first-order valence-corrected chi connectivity index (χ1v) is 9.27. The molecule has 2 unspecified atom stereocenters. The Kier molecular flexibility index (Phi) is 6.97. The minimum absolute atomic E-state index is 0. The van der Waals surface area contributed by atoms with E-state index in [2.05, 4.69) is 17.6 Å². The first-order valence-electron chi connectivity index (χ1n) is 8.89. The lowest BCUT2D eigenvalue weighted by atomic mass is 9.68. The minimum atomic E-state index is -0.368. The zero-order valence-electron chi connectivity index (χ0n) is 14.3. The number of halogens is 2. The highest BCUT2D eigenvalue weighted by Crippen LogP contribution is 2.40. The first-order chi connectivity index (χ1) is 11.1. The molecule has 1 aliphatic heterocycles. The third kappa shape index (κ3) is 4.07. The van der Waals surface area contributed by atoms with Gasteiger partial charge in [-0.2, -0.15) is 0 Å². The van der Waals surface area contributed by atoms with Gasteiger partial charge in [-0.25, -0.2) is 0 Å². The van der Waals surface area contributed by atoms with Crippen LogP contribution in [0, 0.1) is 5.92 Å². The molecule has 2 aliphatic rings. The van der Waals surface area contributed by atoms with Crippen molar-refractivity contribution in [2.75, 3.05) is 13.1 Å². The fourth-order valence-electron chi connectivity index (χ4n) is 4.11. The summed E-state index contributed by atoms with van der Waals surface area (Å²) in [6, 6.07) is 8.19. The van der Waals surface area contributed by atoms with Gasteiger partial charge in [0.05, 0.1) is 5.41 Å². The van der Waals surface area contributed by atoms with Crippen molar-refractivity contribution < 1.29 is 4.79 Å². The van der Waals surface area contributed by atoms with Crippen LogP contribution in [0.3, 0.4) is 0 Å². The zero-order valence-corrected chi connectivity index (χ0v) is 15.9. The molecule has 1 saturated carbocycles. The van der Waals surface area contributed by atoms with Crippen molar-refractivity contribution in [2.45, 2.75) is 56.9 Å². The number of amides is 1. The number of benzene rings is 1. The fourth-order valence-corrected chi connectivity index (χ4v) is 4.23. The van der Waals surface area contributed by atoms with Gasteiger partial charge in [-0.1, -0.05) is 49.9 Å². The van der Waals surface area contributed by atoms with Crippen molar-refractivity contribution in [3.05, 3.63) is 34.9 Å². The van der Waals surface area contributed by atoms with Gasteiger partial charge in [-0.05, 0) is 56.0 Å². The Labute approximate surface area is 156 Å². The number of carbonyl (C=O) groups excluding carboxylic acids is 1. The molecule has 0 aromatic heterocycles. The van der Waals surface area contributed by atoms with Crippen LogP contribution in [-0.4, -0.2) is 25.0 Å². The molecule has 1 aromatic rings. The van der Waals surface area contributed by atoms with Crippen molar-refractivity contribution in [1.82, 2.24) is 10.6 Å². The van der Waals surface area contributed by atoms with Gasteiger partial charge in [0.15, 0.2) is 0 Å².